The Hall–Kier alpha value is -0.890. The molecule has 4 aliphatic carbocycles. The molecule has 1 aromatic heterocycles. The third-order valence-corrected chi connectivity index (χ3v) is 6.00. The fourth-order valence-corrected chi connectivity index (χ4v) is 5.42. The van der Waals surface area contributed by atoms with Crippen molar-refractivity contribution >= 4 is 0 Å². The van der Waals surface area contributed by atoms with Crippen LogP contribution in [0.3, 0.4) is 0 Å². The Morgan fingerprint density at radius 2 is 1.68 bits per heavy atom. The Bertz CT molecular complexity index is 466. The number of hydrogen-bond donors (Lipinski definition) is 1. The van der Waals surface area contributed by atoms with E-state index in [0.717, 1.165) is 35.3 Å². The van der Waals surface area contributed by atoms with Gasteiger partial charge in [0.15, 0.2) is 0 Å². The first kappa shape index (κ1) is 11.9. The molecule has 4 saturated carbocycles. The molecule has 0 aliphatic heterocycles. The van der Waals surface area contributed by atoms with E-state index < -0.39 is 0 Å². The smallest absolute Gasteiger partial charge is 0.0443 e. The van der Waals surface area contributed by atoms with E-state index in [-0.39, 0.29) is 0 Å². The molecule has 5 rings (SSSR count). The van der Waals surface area contributed by atoms with Gasteiger partial charge in [0.05, 0.1) is 0 Å². The van der Waals surface area contributed by atoms with Crippen molar-refractivity contribution in [3.8, 4) is 0 Å². The lowest BCUT2D eigenvalue weighted by Crippen LogP contribution is -2.44. The Kier molecular flexibility index (Phi) is 2.70. The average molecular weight is 256 g/mol. The van der Waals surface area contributed by atoms with Gasteiger partial charge in [0.1, 0.15) is 0 Å². The minimum absolute atomic E-state index is 0.612. The summed E-state index contributed by atoms with van der Waals surface area (Å²) in [6, 6.07) is 4.48. The van der Waals surface area contributed by atoms with Crippen molar-refractivity contribution in [1.29, 1.82) is 0 Å². The van der Waals surface area contributed by atoms with Gasteiger partial charge < -0.3 is 5.73 Å². The molecular weight excluding hydrogens is 232 g/mol. The van der Waals surface area contributed by atoms with Crippen LogP contribution in [0.25, 0.3) is 0 Å². The molecule has 1 aromatic rings. The standard InChI is InChI=1S/C17H24N2/c1-10-13(9-18)2-3-16(19-10)17-14-5-11-4-12(7-14)8-15(17)6-11/h2-3,11-12,14-15,17H,4-9,18H2,1H3. The largest absolute Gasteiger partial charge is 0.326 e. The SMILES string of the molecule is Cc1nc(C2C3CC4CC(C3)CC2C4)ccc1CN. The zero-order valence-corrected chi connectivity index (χ0v) is 11.8. The molecule has 0 saturated heterocycles. The number of rotatable bonds is 2. The summed E-state index contributed by atoms with van der Waals surface area (Å²) in [5, 5.41) is 0. The summed E-state index contributed by atoms with van der Waals surface area (Å²) in [6.45, 7) is 2.72. The lowest BCUT2D eigenvalue weighted by Gasteiger charge is -2.54. The third-order valence-electron chi connectivity index (χ3n) is 6.00. The molecule has 102 valence electrons. The van der Waals surface area contributed by atoms with Gasteiger partial charge in [-0.25, -0.2) is 0 Å². The Morgan fingerprint density at radius 1 is 1.05 bits per heavy atom. The topological polar surface area (TPSA) is 38.9 Å². The summed E-state index contributed by atoms with van der Waals surface area (Å²) in [4.78, 5) is 4.91. The molecule has 2 nitrogen and oxygen atoms in total. The minimum Gasteiger partial charge on any atom is -0.326 e. The Labute approximate surface area is 115 Å². The van der Waals surface area contributed by atoms with E-state index in [0.29, 0.717) is 6.54 Å². The first-order chi connectivity index (χ1) is 9.24. The molecule has 4 bridgehead atoms. The molecular formula is C17H24N2. The van der Waals surface area contributed by atoms with E-state index in [2.05, 4.69) is 19.1 Å². The predicted molar refractivity (Wildman–Crippen MR) is 76.7 cm³/mol. The second-order valence-electron chi connectivity index (χ2n) is 7.14. The van der Waals surface area contributed by atoms with Crippen LogP contribution in [0.4, 0.5) is 0 Å². The number of pyridine rings is 1. The molecule has 0 spiro atoms. The van der Waals surface area contributed by atoms with Crippen molar-refractivity contribution in [2.75, 3.05) is 0 Å². The maximum Gasteiger partial charge on any atom is 0.0443 e. The van der Waals surface area contributed by atoms with Gasteiger partial charge in [-0.15, -0.1) is 0 Å². The number of aryl methyl sites for hydroxylation is 1. The molecule has 0 aromatic carbocycles. The van der Waals surface area contributed by atoms with Crippen LogP contribution in [0.1, 0.15) is 55.0 Å². The van der Waals surface area contributed by atoms with E-state index in [1.807, 2.05) is 0 Å². The van der Waals surface area contributed by atoms with Crippen LogP contribution in [-0.4, -0.2) is 4.98 Å². The molecule has 0 radical (unpaired) electrons. The van der Waals surface area contributed by atoms with E-state index in [9.17, 15) is 0 Å². The number of aromatic nitrogens is 1. The summed E-state index contributed by atoms with van der Waals surface area (Å²) in [6.07, 6.45) is 7.40. The summed E-state index contributed by atoms with van der Waals surface area (Å²) in [5.41, 5.74) is 9.47. The van der Waals surface area contributed by atoms with Crippen LogP contribution in [0.5, 0.6) is 0 Å². The van der Waals surface area contributed by atoms with Crippen molar-refractivity contribution in [1.82, 2.24) is 4.98 Å². The van der Waals surface area contributed by atoms with Gasteiger partial charge in [-0.2, -0.15) is 0 Å². The number of nitrogens with zero attached hydrogens (tertiary/aromatic N) is 1. The van der Waals surface area contributed by atoms with E-state index >= 15 is 0 Å². The van der Waals surface area contributed by atoms with Crippen LogP contribution in [0.15, 0.2) is 12.1 Å². The van der Waals surface area contributed by atoms with Gasteiger partial charge in [0, 0.05) is 23.9 Å². The highest BCUT2D eigenvalue weighted by molar-refractivity contribution is 5.26. The minimum atomic E-state index is 0.612. The molecule has 0 atom stereocenters. The highest BCUT2D eigenvalue weighted by Crippen LogP contribution is 2.59. The summed E-state index contributed by atoms with van der Waals surface area (Å²) >= 11 is 0. The van der Waals surface area contributed by atoms with Crippen LogP contribution < -0.4 is 5.73 Å². The molecule has 2 heteroatoms. The maximum atomic E-state index is 5.76. The second-order valence-corrected chi connectivity index (χ2v) is 7.14. The molecule has 2 N–H and O–H groups in total. The van der Waals surface area contributed by atoms with Crippen molar-refractivity contribution < 1.29 is 0 Å². The summed E-state index contributed by atoms with van der Waals surface area (Å²) < 4.78 is 0. The molecule has 0 unspecified atom stereocenters. The zero-order chi connectivity index (χ0) is 13.0. The van der Waals surface area contributed by atoms with E-state index in [1.165, 1.54) is 43.4 Å². The van der Waals surface area contributed by atoms with Crippen molar-refractivity contribution in [3.05, 3.63) is 29.1 Å². The summed E-state index contributed by atoms with van der Waals surface area (Å²) in [7, 11) is 0. The zero-order valence-electron chi connectivity index (χ0n) is 11.8. The first-order valence-electron chi connectivity index (χ1n) is 7.91. The van der Waals surface area contributed by atoms with Gasteiger partial charge in [0.25, 0.3) is 0 Å². The first-order valence-corrected chi connectivity index (χ1v) is 7.91. The van der Waals surface area contributed by atoms with E-state index in [1.54, 1.807) is 0 Å². The Balaban J connectivity index is 1.67. The van der Waals surface area contributed by atoms with Gasteiger partial charge >= 0.3 is 0 Å². The third kappa shape index (κ3) is 1.84. The second kappa shape index (κ2) is 4.31. The maximum absolute atomic E-state index is 5.76. The average Bonchev–Trinajstić information content (AvgIpc) is 2.37. The summed E-state index contributed by atoms with van der Waals surface area (Å²) in [5.74, 6) is 4.68. The van der Waals surface area contributed by atoms with Gasteiger partial charge in [0.2, 0.25) is 0 Å². The number of hydrogen-bond acceptors (Lipinski definition) is 2. The monoisotopic (exact) mass is 256 g/mol. The molecule has 1 heterocycles. The molecule has 19 heavy (non-hydrogen) atoms. The van der Waals surface area contributed by atoms with Gasteiger partial charge in [-0.3, -0.25) is 4.98 Å². The quantitative estimate of drug-likeness (QED) is 0.881. The lowest BCUT2D eigenvalue weighted by molar-refractivity contribution is -0.00419. The van der Waals surface area contributed by atoms with Crippen LogP contribution >= 0.6 is 0 Å². The van der Waals surface area contributed by atoms with Crippen molar-refractivity contribution in [2.24, 2.45) is 29.4 Å². The van der Waals surface area contributed by atoms with Crippen LogP contribution in [0, 0.1) is 30.6 Å². The van der Waals surface area contributed by atoms with Crippen molar-refractivity contribution in [3.63, 3.8) is 0 Å². The van der Waals surface area contributed by atoms with Crippen LogP contribution in [0.2, 0.25) is 0 Å². The lowest BCUT2D eigenvalue weighted by atomic mass is 9.51. The predicted octanol–water partition coefficient (Wildman–Crippen LogP) is 3.39. The Morgan fingerprint density at radius 3 is 2.21 bits per heavy atom. The molecule has 4 aliphatic rings. The van der Waals surface area contributed by atoms with Gasteiger partial charge in [-0.05, 0) is 74.3 Å². The molecule has 4 fully saturated rings. The normalized spacial score (nSPS) is 39.8. The van der Waals surface area contributed by atoms with Crippen molar-refractivity contribution in [2.45, 2.75) is 51.5 Å². The fourth-order valence-electron chi connectivity index (χ4n) is 5.42. The molecule has 0 amide bonds. The highest BCUT2D eigenvalue weighted by Gasteiger charge is 2.49. The number of nitrogens with two attached hydrogens (primary N) is 1. The van der Waals surface area contributed by atoms with Crippen LogP contribution in [-0.2, 0) is 6.54 Å². The van der Waals surface area contributed by atoms with Gasteiger partial charge in [-0.1, -0.05) is 6.07 Å². The fraction of sp³-hybridized carbons (Fsp3) is 0.706. The highest BCUT2D eigenvalue weighted by atomic mass is 14.7. The van der Waals surface area contributed by atoms with E-state index in [4.69, 9.17) is 10.7 Å².